The van der Waals surface area contributed by atoms with Crippen LogP contribution in [0.2, 0.25) is 0 Å². The summed E-state index contributed by atoms with van der Waals surface area (Å²) in [5, 5.41) is 18.8. The lowest BCUT2D eigenvalue weighted by molar-refractivity contribution is -0.274. The summed E-state index contributed by atoms with van der Waals surface area (Å²) in [4.78, 5) is 11.4. The number of hydrogen-bond donors (Lipinski definition) is 3. The van der Waals surface area contributed by atoms with Crippen molar-refractivity contribution in [1.29, 1.82) is 0 Å². The average Bonchev–Trinajstić information content (AvgIpc) is 3.38. The quantitative estimate of drug-likeness (QED) is 0.203. The normalized spacial score (nSPS) is 11.6. The number of halogens is 3. The molecule has 39 heavy (non-hydrogen) atoms. The zero-order chi connectivity index (χ0) is 27.7. The van der Waals surface area contributed by atoms with Crippen LogP contribution < -0.4 is 20.5 Å². The number of nitrogens with one attached hydrogen (secondary N) is 2. The predicted molar refractivity (Wildman–Crippen MR) is 136 cm³/mol. The molecule has 0 aliphatic carbocycles. The summed E-state index contributed by atoms with van der Waals surface area (Å²) in [5.41, 5.74) is 8.29. The summed E-state index contributed by atoms with van der Waals surface area (Å²) in [6, 6.07) is 9.38. The van der Waals surface area contributed by atoms with Crippen LogP contribution in [-0.2, 0) is 11.3 Å². The second-order valence-corrected chi connectivity index (χ2v) is 8.56. The highest BCUT2D eigenvalue weighted by molar-refractivity contribution is 5.93. The van der Waals surface area contributed by atoms with Crippen molar-refractivity contribution in [2.45, 2.75) is 25.7 Å². The molecule has 2 heterocycles. The molecule has 13 heteroatoms. The number of alkyl halides is 3. The van der Waals surface area contributed by atoms with E-state index < -0.39 is 18.0 Å². The highest BCUT2D eigenvalue weighted by atomic mass is 19.4. The Morgan fingerprint density at radius 2 is 1.87 bits per heavy atom. The summed E-state index contributed by atoms with van der Waals surface area (Å²) in [7, 11) is 0. The molecule has 4 aromatic rings. The highest BCUT2D eigenvalue weighted by Gasteiger charge is 2.31. The molecule has 0 saturated carbocycles. The summed E-state index contributed by atoms with van der Waals surface area (Å²) >= 11 is 0. The number of nitrogens with two attached hydrogens (primary N) is 1. The van der Waals surface area contributed by atoms with Gasteiger partial charge in [-0.1, -0.05) is 0 Å². The van der Waals surface area contributed by atoms with E-state index in [9.17, 15) is 18.0 Å². The van der Waals surface area contributed by atoms with Gasteiger partial charge in [0.1, 0.15) is 18.1 Å². The number of aromatic amines is 1. The molecule has 0 spiro atoms. The maximum absolute atomic E-state index is 12.5. The number of carbonyl (C=O) groups excluding carboxylic acids is 1. The lowest BCUT2D eigenvalue weighted by Crippen LogP contribution is -2.20. The van der Waals surface area contributed by atoms with E-state index >= 15 is 0 Å². The van der Waals surface area contributed by atoms with Gasteiger partial charge in [0, 0.05) is 24.3 Å². The van der Waals surface area contributed by atoms with Crippen molar-refractivity contribution in [3.8, 4) is 22.6 Å². The largest absolute Gasteiger partial charge is 0.573 e. The van der Waals surface area contributed by atoms with Gasteiger partial charge in [0.25, 0.3) is 0 Å². The summed E-state index contributed by atoms with van der Waals surface area (Å²) < 4.78 is 53.2. The number of carbonyl (C=O) groups is 1. The molecule has 0 atom stereocenters. The SMILES string of the molecule is NC(=O)c1cc(CNCCCCOCCOc2cc(-c3ccnnc3)cc3[nH]ncc23)cc(OC(F)(F)F)c1. The number of nitrogens with zero attached hydrogens (tertiary/aromatic N) is 3. The molecule has 2 aromatic carbocycles. The van der Waals surface area contributed by atoms with Gasteiger partial charge in [-0.3, -0.25) is 9.89 Å². The number of H-pyrrole nitrogens is 1. The number of ether oxygens (including phenoxy) is 3. The second kappa shape index (κ2) is 13.0. The van der Waals surface area contributed by atoms with Gasteiger partial charge < -0.3 is 25.3 Å². The van der Waals surface area contributed by atoms with Crippen molar-refractivity contribution in [1.82, 2.24) is 25.7 Å². The number of benzene rings is 2. The zero-order valence-corrected chi connectivity index (χ0v) is 20.8. The van der Waals surface area contributed by atoms with Crippen LogP contribution in [0.3, 0.4) is 0 Å². The Hall–Kier alpha value is -4.23. The Labute approximate surface area is 221 Å². The first kappa shape index (κ1) is 27.8. The first-order valence-corrected chi connectivity index (χ1v) is 12.1. The van der Waals surface area contributed by atoms with Crippen molar-refractivity contribution < 1.29 is 32.2 Å². The monoisotopic (exact) mass is 544 g/mol. The molecule has 206 valence electrons. The number of fused-ring (bicyclic) bond motifs is 1. The Balaban J connectivity index is 1.15. The van der Waals surface area contributed by atoms with E-state index in [1.807, 2.05) is 18.2 Å². The minimum atomic E-state index is -4.86. The van der Waals surface area contributed by atoms with Crippen molar-refractivity contribution in [3.63, 3.8) is 0 Å². The van der Waals surface area contributed by atoms with Crippen molar-refractivity contribution >= 4 is 16.8 Å². The van der Waals surface area contributed by atoms with Gasteiger partial charge in [-0.2, -0.15) is 15.3 Å². The van der Waals surface area contributed by atoms with Crippen molar-refractivity contribution in [2.24, 2.45) is 5.73 Å². The molecule has 0 radical (unpaired) electrons. The topological polar surface area (TPSA) is 137 Å². The van der Waals surface area contributed by atoms with E-state index in [2.05, 4.69) is 30.4 Å². The molecule has 10 nitrogen and oxygen atoms in total. The molecule has 4 N–H and O–H groups in total. The maximum atomic E-state index is 12.5. The molecule has 0 bridgehead atoms. The Morgan fingerprint density at radius 1 is 1.00 bits per heavy atom. The number of amides is 1. The number of primary amides is 1. The van der Waals surface area contributed by atoms with Crippen LogP contribution in [0.1, 0.15) is 28.8 Å². The minimum absolute atomic E-state index is 0.0567. The average molecular weight is 545 g/mol. The van der Waals surface area contributed by atoms with Gasteiger partial charge in [-0.25, -0.2) is 0 Å². The van der Waals surface area contributed by atoms with Crippen LogP contribution >= 0.6 is 0 Å². The third kappa shape index (κ3) is 8.38. The minimum Gasteiger partial charge on any atom is -0.490 e. The molecule has 0 aliphatic heterocycles. The first-order chi connectivity index (χ1) is 18.8. The van der Waals surface area contributed by atoms with Gasteiger partial charge in [-0.15, -0.1) is 13.2 Å². The van der Waals surface area contributed by atoms with Crippen LogP contribution in [0.25, 0.3) is 22.0 Å². The molecule has 0 fully saturated rings. The van der Waals surface area contributed by atoms with Gasteiger partial charge in [0.2, 0.25) is 5.91 Å². The van der Waals surface area contributed by atoms with Gasteiger partial charge in [0.15, 0.2) is 0 Å². The molecule has 2 aromatic heterocycles. The number of aromatic nitrogens is 4. The maximum Gasteiger partial charge on any atom is 0.573 e. The number of unbranched alkanes of at least 4 members (excludes halogenated alkanes) is 1. The molecule has 0 aliphatic rings. The fourth-order valence-corrected chi connectivity index (χ4v) is 3.86. The van der Waals surface area contributed by atoms with E-state index in [-0.39, 0.29) is 12.1 Å². The molecular formula is C26H27F3N6O4. The zero-order valence-electron chi connectivity index (χ0n) is 20.8. The molecular weight excluding hydrogens is 517 g/mol. The second-order valence-electron chi connectivity index (χ2n) is 8.56. The van der Waals surface area contributed by atoms with E-state index in [0.29, 0.717) is 37.7 Å². The van der Waals surface area contributed by atoms with Crippen molar-refractivity contribution in [2.75, 3.05) is 26.4 Å². The smallest absolute Gasteiger partial charge is 0.490 e. The van der Waals surface area contributed by atoms with E-state index in [4.69, 9.17) is 15.2 Å². The molecule has 0 unspecified atom stereocenters. The summed E-state index contributed by atoms with van der Waals surface area (Å²) in [5.74, 6) is -0.635. The van der Waals surface area contributed by atoms with Crippen LogP contribution in [0, 0.1) is 0 Å². The van der Waals surface area contributed by atoms with Crippen molar-refractivity contribution in [3.05, 3.63) is 66.1 Å². The van der Waals surface area contributed by atoms with Crippen LogP contribution in [-0.4, -0.2) is 59.0 Å². The van der Waals surface area contributed by atoms with Crippen LogP contribution in [0.15, 0.2) is 55.0 Å². The van der Waals surface area contributed by atoms with Gasteiger partial charge in [-0.05, 0) is 66.9 Å². The fourth-order valence-electron chi connectivity index (χ4n) is 3.86. The fraction of sp³-hybridized carbons (Fsp3) is 0.308. The Morgan fingerprint density at radius 3 is 2.64 bits per heavy atom. The lowest BCUT2D eigenvalue weighted by atomic mass is 10.1. The van der Waals surface area contributed by atoms with Crippen LogP contribution in [0.5, 0.6) is 11.5 Å². The van der Waals surface area contributed by atoms with E-state index in [0.717, 1.165) is 40.9 Å². The third-order valence-corrected chi connectivity index (χ3v) is 5.63. The summed E-state index contributed by atoms with van der Waals surface area (Å²) in [6.07, 6.45) is 1.70. The molecule has 0 saturated heterocycles. The highest BCUT2D eigenvalue weighted by Crippen LogP contribution is 2.31. The third-order valence-electron chi connectivity index (χ3n) is 5.63. The first-order valence-electron chi connectivity index (χ1n) is 12.1. The van der Waals surface area contributed by atoms with Gasteiger partial charge >= 0.3 is 6.36 Å². The lowest BCUT2D eigenvalue weighted by Gasteiger charge is -2.12. The molecule has 1 amide bonds. The van der Waals surface area contributed by atoms with E-state index in [1.165, 1.54) is 12.1 Å². The van der Waals surface area contributed by atoms with Crippen LogP contribution in [0.4, 0.5) is 13.2 Å². The summed E-state index contributed by atoms with van der Waals surface area (Å²) in [6.45, 7) is 2.13. The Bertz CT molecular complexity index is 1380. The Kier molecular flexibility index (Phi) is 9.28. The van der Waals surface area contributed by atoms with Gasteiger partial charge in [0.05, 0.1) is 36.1 Å². The number of rotatable bonds is 14. The standard InChI is InChI=1S/C26H27F3N6O4/c27-26(28,29)39-21-10-17(9-20(11-21)25(30)36)14-31-4-1-2-6-37-7-8-38-24-13-19(18-3-5-32-33-15-18)12-23-22(24)16-34-35-23/h3,5,9-13,15-16,31H,1-2,4,6-8,14H2,(H2,30,36)(H,34,35). The van der Waals surface area contributed by atoms with E-state index in [1.54, 1.807) is 18.6 Å². The molecule has 4 rings (SSSR count). The number of hydrogen-bond acceptors (Lipinski definition) is 8. The predicted octanol–water partition coefficient (Wildman–Crippen LogP) is 3.98.